The van der Waals surface area contributed by atoms with Crippen molar-refractivity contribution in [3.05, 3.63) is 57.2 Å². The molecular weight excluding hydrogens is 594 g/mol. The van der Waals surface area contributed by atoms with Gasteiger partial charge >= 0.3 is 0 Å². The van der Waals surface area contributed by atoms with Gasteiger partial charge in [0.05, 0.1) is 0 Å². The monoisotopic (exact) mass is 623 g/mol. The zero-order chi connectivity index (χ0) is 31.0. The molecule has 4 aromatic rings. The number of aromatic nitrogens is 6. The Labute approximate surface area is 255 Å². The molecular formula is C27H30ClN11O5. The van der Waals surface area contributed by atoms with Crippen molar-refractivity contribution >= 4 is 52.4 Å². The van der Waals surface area contributed by atoms with Crippen LogP contribution in [0.1, 0.15) is 23.1 Å². The maximum absolute atomic E-state index is 14.0. The Balaban J connectivity index is 1.32. The smallest absolute Gasteiger partial charge is 0.299 e. The fourth-order valence-electron chi connectivity index (χ4n) is 5.48. The summed E-state index contributed by atoms with van der Waals surface area (Å²) >= 11 is 5.99. The van der Waals surface area contributed by atoms with Gasteiger partial charge in [-0.3, -0.25) is 19.2 Å². The van der Waals surface area contributed by atoms with E-state index in [1.54, 1.807) is 45.6 Å². The minimum Gasteiger partial charge on any atom is -0.362 e. The molecule has 3 amide bonds. The molecule has 17 heteroatoms. The molecule has 2 aliphatic rings. The lowest BCUT2D eigenvalue weighted by molar-refractivity contribution is -0.129. The topological polar surface area (TPSA) is 167 Å². The maximum atomic E-state index is 14.0. The molecule has 0 aliphatic carbocycles. The molecule has 2 fully saturated rings. The average molecular weight is 624 g/mol. The Morgan fingerprint density at radius 2 is 1.61 bits per heavy atom. The molecule has 0 saturated carbocycles. The summed E-state index contributed by atoms with van der Waals surface area (Å²) in [6.07, 6.45) is 1.27. The molecule has 1 N–H and O–H groups in total. The number of amides is 3. The number of benzene rings is 1. The molecule has 2 saturated heterocycles. The number of rotatable bonds is 6. The van der Waals surface area contributed by atoms with E-state index in [4.69, 9.17) is 16.6 Å². The highest BCUT2D eigenvalue weighted by Gasteiger charge is 2.30. The minimum absolute atomic E-state index is 0.00115. The largest absolute Gasteiger partial charge is 0.362 e. The van der Waals surface area contributed by atoms with Crippen molar-refractivity contribution in [1.29, 1.82) is 0 Å². The predicted octanol–water partition coefficient (Wildman–Crippen LogP) is 0.505. The lowest BCUT2D eigenvalue weighted by atomic mass is 10.2. The van der Waals surface area contributed by atoms with Gasteiger partial charge in [0.15, 0.2) is 5.69 Å². The third-order valence-corrected chi connectivity index (χ3v) is 8.12. The average Bonchev–Trinajstić information content (AvgIpc) is 3.72. The number of fused-ring (bicyclic) bond motifs is 1. The normalized spacial score (nSPS) is 15.6. The van der Waals surface area contributed by atoms with E-state index in [-0.39, 0.29) is 41.3 Å². The Hall–Kier alpha value is -4.99. The van der Waals surface area contributed by atoms with E-state index in [0.717, 1.165) is 0 Å². The molecule has 6 rings (SSSR count). The molecule has 0 radical (unpaired) electrons. The standard InChI is InChI=1S/C27H30ClN11O5/c1-17-23(35-9-11-36(12-10-35)24(42)21-15-29-44-33-21)25(43)39-27(31-26(32-39)37-13-7-34(8-14-37)18(2)40)38(17)16-22(41)30-20-5-3-19(28)4-6-20/h3-6,15H,7-14,16H2,1-2H3,(H,30,41). The van der Waals surface area contributed by atoms with E-state index in [2.05, 4.69) is 25.4 Å². The Bertz CT molecular complexity index is 1750. The maximum Gasteiger partial charge on any atom is 0.299 e. The molecule has 0 atom stereocenters. The molecule has 0 unspecified atom stereocenters. The van der Waals surface area contributed by atoms with Crippen LogP contribution in [0.15, 0.2) is 39.9 Å². The lowest BCUT2D eigenvalue weighted by Crippen LogP contribution is -2.50. The van der Waals surface area contributed by atoms with Gasteiger partial charge in [-0.05, 0) is 36.3 Å². The molecule has 230 valence electrons. The molecule has 5 heterocycles. The Kier molecular flexibility index (Phi) is 7.90. The fraction of sp³-hybridized carbons (Fsp3) is 0.407. The summed E-state index contributed by atoms with van der Waals surface area (Å²) in [7, 11) is 0. The predicted molar refractivity (Wildman–Crippen MR) is 159 cm³/mol. The second kappa shape index (κ2) is 11.9. The van der Waals surface area contributed by atoms with Gasteiger partial charge in [-0.25, -0.2) is 4.63 Å². The van der Waals surface area contributed by atoms with Gasteiger partial charge in [0, 0.05) is 75.7 Å². The first-order chi connectivity index (χ1) is 21.2. The first kappa shape index (κ1) is 29.1. The Morgan fingerprint density at radius 1 is 0.955 bits per heavy atom. The molecule has 2 aliphatic heterocycles. The Morgan fingerprint density at radius 3 is 2.25 bits per heavy atom. The van der Waals surface area contributed by atoms with Crippen molar-refractivity contribution in [1.82, 2.24) is 39.3 Å². The number of hydrogen-bond donors (Lipinski definition) is 1. The van der Waals surface area contributed by atoms with Crippen LogP contribution in [0.4, 0.5) is 17.3 Å². The van der Waals surface area contributed by atoms with Gasteiger partial charge < -0.3 is 29.5 Å². The van der Waals surface area contributed by atoms with Crippen molar-refractivity contribution in [3.8, 4) is 0 Å². The van der Waals surface area contributed by atoms with Gasteiger partial charge in [0.2, 0.25) is 23.5 Å². The quantitative estimate of drug-likeness (QED) is 0.318. The van der Waals surface area contributed by atoms with Crippen LogP contribution in [0.5, 0.6) is 0 Å². The molecule has 3 aromatic heterocycles. The van der Waals surface area contributed by atoms with E-state index in [9.17, 15) is 19.2 Å². The third-order valence-electron chi connectivity index (χ3n) is 7.86. The van der Waals surface area contributed by atoms with Gasteiger partial charge in [0.25, 0.3) is 11.5 Å². The van der Waals surface area contributed by atoms with Crippen molar-refractivity contribution in [2.24, 2.45) is 0 Å². The lowest BCUT2D eigenvalue weighted by Gasteiger charge is -2.36. The number of anilines is 3. The van der Waals surface area contributed by atoms with Crippen LogP contribution < -0.4 is 20.7 Å². The van der Waals surface area contributed by atoms with Crippen molar-refractivity contribution in [2.45, 2.75) is 20.4 Å². The van der Waals surface area contributed by atoms with Crippen molar-refractivity contribution in [2.75, 3.05) is 67.5 Å². The summed E-state index contributed by atoms with van der Waals surface area (Å²) in [6, 6.07) is 6.76. The van der Waals surface area contributed by atoms with Crippen LogP contribution in [0.2, 0.25) is 5.02 Å². The van der Waals surface area contributed by atoms with Crippen LogP contribution >= 0.6 is 11.6 Å². The SMILES string of the molecule is CC(=O)N1CCN(c2nc3n(CC(=O)Nc4ccc(Cl)cc4)c(C)c(N4CCN(C(=O)c5cnon5)CC4)c(=O)n3n2)CC1. The van der Waals surface area contributed by atoms with E-state index in [1.807, 2.05) is 9.80 Å². The highest BCUT2D eigenvalue weighted by Crippen LogP contribution is 2.22. The summed E-state index contributed by atoms with van der Waals surface area (Å²) < 4.78 is 7.46. The van der Waals surface area contributed by atoms with Crippen LogP contribution in [-0.4, -0.2) is 109 Å². The fourth-order valence-corrected chi connectivity index (χ4v) is 5.60. The molecule has 0 spiro atoms. The number of piperazine rings is 2. The number of nitrogens with one attached hydrogen (secondary N) is 1. The summed E-state index contributed by atoms with van der Waals surface area (Å²) in [4.78, 5) is 63.6. The van der Waals surface area contributed by atoms with Crippen LogP contribution in [0.3, 0.4) is 0 Å². The number of carbonyl (C=O) groups is 3. The minimum atomic E-state index is -0.381. The molecule has 0 bridgehead atoms. The van der Waals surface area contributed by atoms with Crippen LogP contribution in [0, 0.1) is 6.92 Å². The second-order valence-electron chi connectivity index (χ2n) is 10.6. The highest BCUT2D eigenvalue weighted by atomic mass is 35.5. The third kappa shape index (κ3) is 5.67. The van der Waals surface area contributed by atoms with Crippen LogP contribution in [-0.2, 0) is 16.1 Å². The van der Waals surface area contributed by atoms with E-state index >= 15 is 0 Å². The number of carbonyl (C=O) groups excluding carboxylic acids is 3. The molecule has 16 nitrogen and oxygen atoms in total. The second-order valence-corrected chi connectivity index (χ2v) is 11.0. The molecule has 1 aromatic carbocycles. The molecule has 44 heavy (non-hydrogen) atoms. The number of hydrogen-bond acceptors (Lipinski definition) is 11. The van der Waals surface area contributed by atoms with Crippen molar-refractivity contribution < 1.29 is 19.0 Å². The first-order valence-electron chi connectivity index (χ1n) is 14.1. The highest BCUT2D eigenvalue weighted by molar-refractivity contribution is 6.30. The van der Waals surface area contributed by atoms with E-state index in [1.165, 1.54) is 17.6 Å². The summed E-state index contributed by atoms with van der Waals surface area (Å²) in [5, 5.41) is 15.1. The van der Waals surface area contributed by atoms with Gasteiger partial charge in [-0.15, -0.1) is 5.10 Å². The van der Waals surface area contributed by atoms with Gasteiger partial charge in [0.1, 0.15) is 18.4 Å². The first-order valence-corrected chi connectivity index (χ1v) is 14.4. The van der Waals surface area contributed by atoms with E-state index < -0.39 is 0 Å². The summed E-state index contributed by atoms with van der Waals surface area (Å²) in [5.74, 6) is -0.0775. The summed E-state index contributed by atoms with van der Waals surface area (Å²) in [5.41, 5.74) is 1.21. The van der Waals surface area contributed by atoms with Crippen molar-refractivity contribution in [3.63, 3.8) is 0 Å². The van der Waals surface area contributed by atoms with E-state index in [0.29, 0.717) is 80.4 Å². The zero-order valence-corrected chi connectivity index (χ0v) is 24.9. The van der Waals surface area contributed by atoms with Gasteiger partial charge in [-0.2, -0.15) is 9.50 Å². The number of nitrogens with zero attached hydrogens (tertiary/aromatic N) is 10. The van der Waals surface area contributed by atoms with Gasteiger partial charge in [-0.1, -0.05) is 16.8 Å². The van der Waals surface area contributed by atoms with Crippen LogP contribution in [0.25, 0.3) is 5.78 Å². The zero-order valence-electron chi connectivity index (χ0n) is 24.1. The number of halogens is 1. The summed E-state index contributed by atoms with van der Waals surface area (Å²) in [6.45, 7) is 6.59.